The molecule has 2 N–H and O–H groups in total. The number of rotatable bonds is 6. The molecule has 4 aliphatic carbocycles. The topological polar surface area (TPSA) is 24.1 Å². The van der Waals surface area contributed by atoms with Crippen molar-refractivity contribution < 1.29 is 0 Å². The van der Waals surface area contributed by atoms with Gasteiger partial charge in [0.15, 0.2) is 0 Å². The molecule has 36 heavy (non-hydrogen) atoms. The van der Waals surface area contributed by atoms with E-state index in [1.165, 1.54) is 70.6 Å². The molecule has 4 fully saturated rings. The first-order valence-corrected chi connectivity index (χ1v) is 15.9. The Bertz CT molecular complexity index is 670. The van der Waals surface area contributed by atoms with Crippen molar-refractivity contribution in [3.05, 3.63) is 12.3 Å². The Morgan fingerprint density at radius 2 is 1.50 bits per heavy atom. The van der Waals surface area contributed by atoms with Gasteiger partial charge in [0.2, 0.25) is 0 Å². The van der Waals surface area contributed by atoms with Gasteiger partial charge in [-0.25, -0.2) is 0 Å². The summed E-state index contributed by atoms with van der Waals surface area (Å²) in [5.41, 5.74) is 3.00. The van der Waals surface area contributed by atoms with E-state index in [-0.39, 0.29) is 0 Å². The van der Waals surface area contributed by atoms with Crippen molar-refractivity contribution in [1.82, 2.24) is 10.6 Å². The van der Waals surface area contributed by atoms with E-state index < -0.39 is 0 Å². The Morgan fingerprint density at radius 1 is 0.889 bits per heavy atom. The number of allylic oxidation sites excluding steroid dienone is 1. The zero-order valence-corrected chi connectivity index (χ0v) is 26.4. The largest absolute Gasteiger partial charge is 0.389 e. The fourth-order valence-electron chi connectivity index (χ4n) is 9.81. The maximum atomic E-state index is 4.06. The highest BCUT2D eigenvalue weighted by atomic mass is 14.9. The van der Waals surface area contributed by atoms with Gasteiger partial charge in [-0.2, -0.15) is 0 Å². The Balaban J connectivity index is 0.000000693. The number of nitrogens with one attached hydrogen (secondary N) is 2. The van der Waals surface area contributed by atoms with Gasteiger partial charge in [0.25, 0.3) is 0 Å². The molecule has 0 aromatic rings. The molecule has 4 rings (SSSR count). The number of hydrogen-bond donors (Lipinski definition) is 2. The average Bonchev–Trinajstić information content (AvgIpc) is 3.16. The second-order valence-corrected chi connectivity index (χ2v) is 14.5. The molecule has 0 bridgehead atoms. The summed E-state index contributed by atoms with van der Waals surface area (Å²) in [6.45, 7) is 24.5. The van der Waals surface area contributed by atoms with E-state index in [1.807, 2.05) is 14.1 Å². The van der Waals surface area contributed by atoms with Crippen LogP contribution in [0.1, 0.15) is 132 Å². The van der Waals surface area contributed by atoms with E-state index in [0.717, 1.165) is 47.7 Å². The maximum absolute atomic E-state index is 4.06. The summed E-state index contributed by atoms with van der Waals surface area (Å²) < 4.78 is 0. The minimum absolute atomic E-state index is 0.589. The third kappa shape index (κ3) is 6.73. The van der Waals surface area contributed by atoms with Crippen LogP contribution in [0.2, 0.25) is 0 Å². The van der Waals surface area contributed by atoms with Crippen molar-refractivity contribution in [2.75, 3.05) is 20.6 Å². The molecule has 0 radical (unpaired) electrons. The predicted octanol–water partition coefficient (Wildman–Crippen LogP) is 9.46. The quantitative estimate of drug-likeness (QED) is 0.378. The summed E-state index contributed by atoms with van der Waals surface area (Å²) in [4.78, 5) is 0. The fourth-order valence-corrected chi connectivity index (χ4v) is 9.81. The van der Waals surface area contributed by atoms with Crippen molar-refractivity contribution in [3.63, 3.8) is 0 Å². The average molecular weight is 503 g/mol. The summed E-state index contributed by atoms with van der Waals surface area (Å²) in [5, 5.41) is 6.31. The van der Waals surface area contributed by atoms with Crippen molar-refractivity contribution in [3.8, 4) is 0 Å². The molecular formula is C34H66N2. The van der Waals surface area contributed by atoms with E-state index in [0.29, 0.717) is 16.2 Å². The van der Waals surface area contributed by atoms with Crippen LogP contribution in [0.15, 0.2) is 12.3 Å². The minimum Gasteiger partial charge on any atom is -0.389 e. The lowest BCUT2D eigenvalue weighted by molar-refractivity contribution is -0.132. The van der Waals surface area contributed by atoms with Crippen LogP contribution in [-0.2, 0) is 0 Å². The molecule has 4 aliphatic rings. The highest BCUT2D eigenvalue weighted by Crippen LogP contribution is 2.69. The molecule has 9 atom stereocenters. The third-order valence-electron chi connectivity index (χ3n) is 11.4. The Hall–Kier alpha value is -0.500. The standard InChI is InChI=1S/C29H51N.C3H8.C2H7N/c1-8-14-27(5)16-17-28(6)22(18-27)9-10-23-25-12-11-24(21(4)19-30-20(2)3)29(25,7)15-13-26(23)28;2*1-3-2/h21-26,30H,2,8-19H2,1,3-7H3;3H2,1-2H3;3H,1-2H3/t21-,22?,23?,24?,25?,26?,27+,28?,29?;;/m1../s1. The molecule has 7 unspecified atom stereocenters. The first-order valence-electron chi connectivity index (χ1n) is 15.9. The van der Waals surface area contributed by atoms with Crippen LogP contribution in [-0.4, -0.2) is 20.6 Å². The zero-order valence-electron chi connectivity index (χ0n) is 26.4. The molecule has 0 saturated heterocycles. The highest BCUT2D eigenvalue weighted by molar-refractivity contribution is 5.10. The molecule has 212 valence electrons. The van der Waals surface area contributed by atoms with E-state index >= 15 is 0 Å². The van der Waals surface area contributed by atoms with Gasteiger partial charge in [-0.15, -0.1) is 0 Å². The van der Waals surface area contributed by atoms with Gasteiger partial charge in [-0.3, -0.25) is 0 Å². The highest BCUT2D eigenvalue weighted by Gasteiger charge is 2.61. The van der Waals surface area contributed by atoms with Gasteiger partial charge in [0, 0.05) is 12.2 Å². The van der Waals surface area contributed by atoms with Gasteiger partial charge >= 0.3 is 0 Å². The van der Waals surface area contributed by atoms with Gasteiger partial charge in [0.05, 0.1) is 0 Å². The Kier molecular flexibility index (Phi) is 11.9. The minimum atomic E-state index is 0.589. The zero-order chi connectivity index (χ0) is 27.1. The van der Waals surface area contributed by atoms with Crippen LogP contribution in [0.3, 0.4) is 0 Å². The van der Waals surface area contributed by atoms with E-state index in [4.69, 9.17) is 0 Å². The second kappa shape index (κ2) is 13.5. The fraction of sp³-hybridized carbons (Fsp3) is 0.941. The Labute approximate surface area is 227 Å². The lowest BCUT2D eigenvalue weighted by Gasteiger charge is -2.62. The van der Waals surface area contributed by atoms with Crippen LogP contribution in [0.25, 0.3) is 0 Å². The van der Waals surface area contributed by atoms with E-state index in [9.17, 15) is 0 Å². The van der Waals surface area contributed by atoms with Gasteiger partial charge in [-0.05, 0) is 137 Å². The lowest BCUT2D eigenvalue weighted by atomic mass is 9.42. The van der Waals surface area contributed by atoms with Crippen LogP contribution < -0.4 is 10.6 Å². The lowest BCUT2D eigenvalue weighted by Crippen LogP contribution is -2.54. The van der Waals surface area contributed by atoms with Crippen LogP contribution in [0.5, 0.6) is 0 Å². The predicted molar refractivity (Wildman–Crippen MR) is 161 cm³/mol. The van der Waals surface area contributed by atoms with E-state index in [1.54, 1.807) is 6.42 Å². The molecule has 2 heteroatoms. The van der Waals surface area contributed by atoms with Crippen LogP contribution >= 0.6 is 0 Å². The van der Waals surface area contributed by atoms with Crippen molar-refractivity contribution in [2.45, 2.75) is 132 Å². The third-order valence-corrected chi connectivity index (χ3v) is 11.4. The molecule has 0 amide bonds. The molecule has 4 saturated carbocycles. The molecule has 0 spiro atoms. The van der Waals surface area contributed by atoms with Crippen molar-refractivity contribution >= 4 is 0 Å². The van der Waals surface area contributed by atoms with Gasteiger partial charge in [-0.1, -0.05) is 67.9 Å². The molecule has 0 aromatic carbocycles. The summed E-state index contributed by atoms with van der Waals surface area (Å²) >= 11 is 0. The molecule has 2 nitrogen and oxygen atoms in total. The number of hydrogen-bond acceptors (Lipinski definition) is 2. The van der Waals surface area contributed by atoms with Gasteiger partial charge in [0.1, 0.15) is 0 Å². The van der Waals surface area contributed by atoms with Gasteiger partial charge < -0.3 is 10.6 Å². The summed E-state index contributed by atoms with van der Waals surface area (Å²) in [5.74, 6) is 5.71. The van der Waals surface area contributed by atoms with E-state index in [2.05, 4.69) is 72.6 Å². The first-order chi connectivity index (χ1) is 17.0. The van der Waals surface area contributed by atoms with Crippen LogP contribution in [0, 0.1) is 51.8 Å². The normalized spacial score (nSPS) is 41.8. The molecular weight excluding hydrogens is 436 g/mol. The first kappa shape index (κ1) is 31.7. The summed E-state index contributed by atoms with van der Waals surface area (Å²) in [6.07, 6.45) is 17.7. The summed E-state index contributed by atoms with van der Waals surface area (Å²) in [6, 6.07) is 0. The molecule has 0 aliphatic heterocycles. The SMILES string of the molecule is C=C(C)NC[C@@H](C)C1CCC2C3CCC4C[C@@](C)(CCC)CCC4(C)C3CCC21C.CCC.CNC. The second-order valence-electron chi connectivity index (χ2n) is 14.5. The molecule has 0 heterocycles. The molecule has 0 aromatic heterocycles. The maximum Gasteiger partial charge on any atom is 0.0172 e. The summed E-state index contributed by atoms with van der Waals surface area (Å²) in [7, 11) is 3.75. The van der Waals surface area contributed by atoms with Crippen molar-refractivity contribution in [2.24, 2.45) is 51.8 Å². The van der Waals surface area contributed by atoms with Crippen molar-refractivity contribution in [1.29, 1.82) is 0 Å². The van der Waals surface area contributed by atoms with Crippen LogP contribution in [0.4, 0.5) is 0 Å². The number of fused-ring (bicyclic) bond motifs is 5. The monoisotopic (exact) mass is 503 g/mol. The smallest absolute Gasteiger partial charge is 0.0172 e. The Morgan fingerprint density at radius 3 is 2.08 bits per heavy atom.